The Morgan fingerprint density at radius 3 is 1.17 bits per heavy atom. The predicted molar refractivity (Wildman–Crippen MR) is 259 cm³/mol. The average molecular weight is 945 g/mol. The molecule has 2 unspecified atom stereocenters. The molecule has 358 valence electrons. The average Bonchev–Trinajstić information content (AvgIpc) is 3.88. The Labute approximate surface area is 403 Å². The van der Waals surface area contributed by atoms with Gasteiger partial charge in [-0.15, -0.1) is 0 Å². The van der Waals surface area contributed by atoms with Gasteiger partial charge in [0.2, 0.25) is 0 Å². The van der Waals surface area contributed by atoms with E-state index in [9.17, 15) is 39.0 Å². The van der Waals surface area contributed by atoms with Crippen LogP contribution in [0, 0.1) is 0 Å². The lowest BCUT2D eigenvalue weighted by molar-refractivity contribution is -0.140. The maximum absolute atomic E-state index is 13.1. The van der Waals surface area contributed by atoms with Crippen LogP contribution in [-0.2, 0) is 19.1 Å². The number of rotatable bonds is 21. The number of aliphatic carboxylic acids is 2. The van der Waals surface area contributed by atoms with Crippen molar-refractivity contribution in [3.8, 4) is 33.6 Å². The van der Waals surface area contributed by atoms with Crippen molar-refractivity contribution in [3.63, 3.8) is 0 Å². The Hall–Kier alpha value is -8.40. The lowest BCUT2D eigenvalue weighted by atomic mass is 9.98. The van der Waals surface area contributed by atoms with Gasteiger partial charge < -0.3 is 41.0 Å². The van der Waals surface area contributed by atoms with Crippen molar-refractivity contribution >= 4 is 35.9 Å². The summed E-state index contributed by atoms with van der Waals surface area (Å²) in [5.41, 5.74) is 9.83. The Bertz CT molecular complexity index is 2620. The number of pyridine rings is 2. The number of benzene rings is 4. The molecule has 0 radical (unpaired) electrons. The molecule has 70 heavy (non-hydrogen) atoms. The molecule has 0 fully saturated rings. The first-order valence-electron chi connectivity index (χ1n) is 23.2. The second-order valence-corrected chi connectivity index (χ2v) is 17.1. The minimum absolute atomic E-state index is 0.0577. The highest BCUT2D eigenvalue weighted by atomic mass is 16.6. The molecule has 6 N–H and O–H groups in total. The van der Waals surface area contributed by atoms with Crippen LogP contribution in [0.4, 0.5) is 9.59 Å². The van der Waals surface area contributed by atoms with E-state index < -0.39 is 36.2 Å². The van der Waals surface area contributed by atoms with Crippen molar-refractivity contribution in [2.75, 3.05) is 26.3 Å². The van der Waals surface area contributed by atoms with E-state index in [2.05, 4.69) is 31.2 Å². The van der Waals surface area contributed by atoms with Crippen LogP contribution >= 0.6 is 0 Å². The van der Waals surface area contributed by atoms with Crippen LogP contribution in [0.2, 0.25) is 0 Å². The molecular formula is C54H52N6O10. The lowest BCUT2D eigenvalue weighted by Gasteiger charge is -2.17. The zero-order chi connectivity index (χ0) is 49.0. The topological polar surface area (TPSA) is 235 Å². The summed E-state index contributed by atoms with van der Waals surface area (Å²) in [5, 5.41) is 30.2. The summed E-state index contributed by atoms with van der Waals surface area (Å²) < 4.78 is 11.1. The number of amides is 4. The highest BCUT2D eigenvalue weighted by molar-refractivity contribution is 5.96. The van der Waals surface area contributed by atoms with Crippen LogP contribution in [-0.4, -0.2) is 94.5 Å². The Morgan fingerprint density at radius 2 is 0.829 bits per heavy atom. The smallest absolute Gasteiger partial charge is 0.407 e. The molecule has 8 rings (SSSR count). The summed E-state index contributed by atoms with van der Waals surface area (Å²) >= 11 is 0. The van der Waals surface area contributed by atoms with E-state index in [-0.39, 0.29) is 62.8 Å². The molecule has 2 atom stereocenters. The standard InChI is InChI=1S/C54H52N6O10/c61-49(57-25-11-9-21-45(51(63)64)59-53(67)69-31-43-39-17-5-1-13-35(39)36-14-2-6-18-40(36)43)33-23-27-55-47(29-33)48-30-34(24-28-56-48)50(62)58-26-12-10-22-46(52(65)66)60-54(68)70-32-44-41-19-7-3-15-37(41)38-16-4-8-20-42(38)44/h1-8,13-20,23-24,27-30,43-46H,9-12,21-22,25-26,31-32H2,(H,57,61)(H,58,62)(H,59,67)(H,60,68)(H,63,64)(H,65,66). The summed E-state index contributed by atoms with van der Waals surface area (Å²) in [5.74, 6) is -3.48. The number of nitrogens with one attached hydrogen (secondary N) is 4. The fourth-order valence-electron chi connectivity index (χ4n) is 9.06. The third kappa shape index (κ3) is 11.5. The van der Waals surface area contributed by atoms with Crippen LogP contribution in [0.5, 0.6) is 0 Å². The molecule has 16 heteroatoms. The Balaban J connectivity index is 0.733. The van der Waals surface area contributed by atoms with Gasteiger partial charge in [-0.1, -0.05) is 97.1 Å². The number of hydrogen-bond donors (Lipinski definition) is 6. The highest BCUT2D eigenvalue weighted by Crippen LogP contribution is 2.45. The summed E-state index contributed by atoms with van der Waals surface area (Å²) in [6, 6.07) is 35.5. The molecular weight excluding hydrogens is 893 g/mol. The molecule has 0 aliphatic heterocycles. The number of fused-ring (bicyclic) bond motifs is 6. The molecule has 0 bridgehead atoms. The number of ether oxygens (including phenoxy) is 2. The van der Waals surface area contributed by atoms with E-state index in [0.717, 1.165) is 44.5 Å². The molecule has 0 spiro atoms. The highest BCUT2D eigenvalue weighted by Gasteiger charge is 2.31. The fourth-order valence-corrected chi connectivity index (χ4v) is 9.06. The molecule has 4 aromatic carbocycles. The van der Waals surface area contributed by atoms with Gasteiger partial charge in [-0.05, 0) is 107 Å². The monoisotopic (exact) mass is 944 g/mol. The molecule has 4 amide bonds. The summed E-state index contributed by atoms with van der Waals surface area (Å²) in [7, 11) is 0. The molecule has 16 nitrogen and oxygen atoms in total. The van der Waals surface area contributed by atoms with Crippen LogP contribution in [0.3, 0.4) is 0 Å². The summed E-state index contributed by atoms with van der Waals surface area (Å²) in [6.07, 6.45) is 3.19. The maximum atomic E-state index is 13.1. The third-order valence-electron chi connectivity index (χ3n) is 12.6. The number of carbonyl (C=O) groups excluding carboxylic acids is 4. The van der Waals surface area contributed by atoms with Gasteiger partial charge in [0.25, 0.3) is 11.8 Å². The SMILES string of the molecule is O=C(NC(CCCCNC(=O)c1ccnc(-c2cc(C(=O)NCCCCC(NC(=O)OCC3c4ccccc4-c4ccccc43)C(=O)O)ccn2)c1)C(=O)O)OCC1c2ccccc2-c2ccccc21. The second-order valence-electron chi connectivity index (χ2n) is 17.1. The maximum Gasteiger partial charge on any atom is 0.407 e. The first-order chi connectivity index (χ1) is 34.0. The van der Waals surface area contributed by atoms with Gasteiger partial charge in [0.1, 0.15) is 25.3 Å². The number of nitrogens with zero attached hydrogens (tertiary/aromatic N) is 2. The van der Waals surface area contributed by atoms with E-state index in [1.807, 2.05) is 97.1 Å². The van der Waals surface area contributed by atoms with Crippen molar-refractivity contribution in [2.24, 2.45) is 0 Å². The molecule has 2 aliphatic carbocycles. The predicted octanol–water partition coefficient (Wildman–Crippen LogP) is 7.93. The molecule has 6 aromatic rings. The van der Waals surface area contributed by atoms with Crippen LogP contribution in [0.15, 0.2) is 134 Å². The van der Waals surface area contributed by atoms with Gasteiger partial charge in [0.15, 0.2) is 0 Å². The molecule has 2 aromatic heterocycles. The molecule has 2 heterocycles. The molecule has 0 saturated carbocycles. The van der Waals surface area contributed by atoms with Gasteiger partial charge in [-0.2, -0.15) is 0 Å². The largest absolute Gasteiger partial charge is 0.480 e. The normalized spacial score (nSPS) is 13.1. The number of unbranched alkanes of at least 4 members (excludes halogenated alkanes) is 2. The molecule has 2 aliphatic rings. The first kappa shape index (κ1) is 48.1. The lowest BCUT2D eigenvalue weighted by Crippen LogP contribution is -2.41. The quantitative estimate of drug-likeness (QED) is 0.0378. The Kier molecular flexibility index (Phi) is 15.5. The van der Waals surface area contributed by atoms with E-state index >= 15 is 0 Å². The van der Waals surface area contributed by atoms with Crippen molar-refractivity contribution in [1.82, 2.24) is 31.2 Å². The fraction of sp³-hybridized carbons (Fsp3) is 0.259. The minimum atomic E-state index is -1.19. The number of carboxylic acid groups (broad SMARTS) is 2. The van der Waals surface area contributed by atoms with Crippen LogP contribution < -0.4 is 21.3 Å². The number of alkyl carbamates (subject to hydrolysis) is 2. The van der Waals surface area contributed by atoms with Crippen molar-refractivity contribution in [3.05, 3.63) is 167 Å². The van der Waals surface area contributed by atoms with Gasteiger partial charge >= 0.3 is 24.1 Å². The second kappa shape index (κ2) is 22.6. The summed E-state index contributed by atoms with van der Waals surface area (Å²) in [4.78, 5) is 84.4. The number of hydrogen-bond acceptors (Lipinski definition) is 10. The van der Waals surface area contributed by atoms with E-state index in [4.69, 9.17) is 9.47 Å². The first-order valence-corrected chi connectivity index (χ1v) is 23.2. The van der Waals surface area contributed by atoms with Crippen molar-refractivity contribution in [1.29, 1.82) is 0 Å². The van der Waals surface area contributed by atoms with Crippen LogP contribution in [0.25, 0.3) is 33.6 Å². The van der Waals surface area contributed by atoms with E-state index in [1.54, 1.807) is 12.1 Å². The Morgan fingerprint density at radius 1 is 0.486 bits per heavy atom. The van der Waals surface area contributed by atoms with Gasteiger partial charge in [0.05, 0.1) is 11.4 Å². The van der Waals surface area contributed by atoms with Crippen LogP contribution in [0.1, 0.15) is 93.3 Å². The zero-order valence-electron chi connectivity index (χ0n) is 38.1. The van der Waals surface area contributed by atoms with Gasteiger partial charge in [-0.25, -0.2) is 19.2 Å². The van der Waals surface area contributed by atoms with Gasteiger partial charge in [0, 0.05) is 48.4 Å². The number of carboxylic acids is 2. The summed E-state index contributed by atoms with van der Waals surface area (Å²) in [6.45, 7) is 0.603. The molecule has 0 saturated heterocycles. The number of aromatic nitrogens is 2. The van der Waals surface area contributed by atoms with Crippen molar-refractivity contribution < 1.29 is 48.5 Å². The van der Waals surface area contributed by atoms with Gasteiger partial charge in [-0.3, -0.25) is 19.6 Å². The van der Waals surface area contributed by atoms with Crippen molar-refractivity contribution in [2.45, 2.75) is 62.4 Å². The minimum Gasteiger partial charge on any atom is -0.480 e. The third-order valence-corrected chi connectivity index (χ3v) is 12.6. The number of carbonyl (C=O) groups is 6. The van der Waals surface area contributed by atoms with E-state index in [0.29, 0.717) is 48.2 Å². The van der Waals surface area contributed by atoms with E-state index in [1.165, 1.54) is 24.5 Å². The zero-order valence-corrected chi connectivity index (χ0v) is 38.1.